The van der Waals surface area contributed by atoms with Gasteiger partial charge in [0.25, 0.3) is 0 Å². The molecule has 0 amide bonds. The van der Waals surface area contributed by atoms with Crippen molar-refractivity contribution in [3.63, 3.8) is 0 Å². The Hall–Kier alpha value is -0.930. The Balaban J connectivity index is 2.29. The summed E-state index contributed by atoms with van der Waals surface area (Å²) in [5.74, 6) is -1.72. The highest BCUT2D eigenvalue weighted by atomic mass is 16.5. The van der Waals surface area contributed by atoms with Crippen molar-refractivity contribution in [1.29, 1.82) is 0 Å². The van der Waals surface area contributed by atoms with Crippen LogP contribution in [0, 0.1) is 5.41 Å². The van der Waals surface area contributed by atoms with Crippen LogP contribution in [0.5, 0.6) is 0 Å². The van der Waals surface area contributed by atoms with Crippen LogP contribution in [0.3, 0.4) is 0 Å². The van der Waals surface area contributed by atoms with Gasteiger partial charge in [-0.25, -0.2) is 0 Å². The molecule has 0 aromatic heterocycles. The predicted octanol–water partition coefficient (Wildman–Crippen LogP) is -0.248. The molecule has 0 radical (unpaired) electrons. The molecule has 2 N–H and O–H groups in total. The monoisotopic (exact) mass is 152 g/mol. The molecule has 0 unspecified atom stereocenters. The molecule has 0 aromatic carbocycles. The van der Waals surface area contributed by atoms with Crippen LogP contribution >= 0.6 is 0 Å². The zero-order chi connectivity index (χ0) is 8.11. The maximum atomic E-state index is 10.7. The van der Waals surface area contributed by atoms with Crippen molar-refractivity contribution in [2.24, 2.45) is 5.41 Å². The van der Waals surface area contributed by atoms with Crippen molar-refractivity contribution in [2.45, 2.75) is 12.2 Å². The van der Waals surface area contributed by atoms with Gasteiger partial charge in [0.05, 0.1) is 5.41 Å². The third-order valence-electron chi connectivity index (χ3n) is 2.25. The van der Waals surface area contributed by atoms with Crippen molar-refractivity contribution < 1.29 is 15.0 Å². The first-order chi connectivity index (χ1) is 5.06. The second kappa shape index (κ2) is 1.62. The smallest absolute Gasteiger partial charge is 0.178 e. The quantitative estimate of drug-likeness (QED) is 0.471. The summed E-state index contributed by atoms with van der Waals surface area (Å²) in [6.07, 6.45) is 6.13. The summed E-state index contributed by atoms with van der Waals surface area (Å²) in [4.78, 5) is 10.7. The van der Waals surface area contributed by atoms with Crippen molar-refractivity contribution in [3.05, 3.63) is 24.3 Å². The molecule has 2 aliphatic carbocycles. The van der Waals surface area contributed by atoms with Crippen LogP contribution in [0.2, 0.25) is 0 Å². The lowest BCUT2D eigenvalue weighted by Gasteiger charge is -2.10. The Morgan fingerprint density at radius 1 is 1.27 bits per heavy atom. The largest absolute Gasteiger partial charge is 0.365 e. The molecule has 0 bridgehead atoms. The van der Waals surface area contributed by atoms with E-state index in [4.69, 9.17) is 10.2 Å². The van der Waals surface area contributed by atoms with Crippen LogP contribution in [-0.2, 0) is 4.79 Å². The molecule has 1 spiro atoms. The minimum atomic E-state index is -1.62. The van der Waals surface area contributed by atoms with Crippen molar-refractivity contribution in [3.8, 4) is 0 Å². The van der Waals surface area contributed by atoms with E-state index in [1.165, 1.54) is 12.2 Å². The highest BCUT2D eigenvalue weighted by Gasteiger charge is 2.64. The molecule has 1 saturated carbocycles. The van der Waals surface area contributed by atoms with Gasteiger partial charge in [0.1, 0.15) is 0 Å². The van der Waals surface area contributed by atoms with E-state index < -0.39 is 11.2 Å². The fraction of sp³-hybridized carbons (Fsp3) is 0.375. The fourth-order valence-corrected chi connectivity index (χ4v) is 1.32. The molecule has 58 valence electrons. The average molecular weight is 152 g/mol. The van der Waals surface area contributed by atoms with E-state index in [9.17, 15) is 4.79 Å². The van der Waals surface area contributed by atoms with E-state index in [0.29, 0.717) is 6.42 Å². The third kappa shape index (κ3) is 0.783. The number of rotatable bonds is 0. The average Bonchev–Trinajstić information content (AvgIpc) is 2.44. The molecule has 11 heavy (non-hydrogen) atoms. The van der Waals surface area contributed by atoms with Gasteiger partial charge in [0.15, 0.2) is 11.6 Å². The van der Waals surface area contributed by atoms with Gasteiger partial charge in [0.2, 0.25) is 0 Å². The SMILES string of the molecule is O=C1C=CC2(C=C1)CC2(O)O. The maximum absolute atomic E-state index is 10.7. The van der Waals surface area contributed by atoms with Crippen LogP contribution in [0.1, 0.15) is 6.42 Å². The van der Waals surface area contributed by atoms with E-state index in [1.54, 1.807) is 12.2 Å². The predicted molar refractivity (Wildman–Crippen MR) is 37.5 cm³/mol. The molecule has 0 aliphatic heterocycles. The van der Waals surface area contributed by atoms with Crippen LogP contribution in [0.15, 0.2) is 24.3 Å². The van der Waals surface area contributed by atoms with E-state index in [-0.39, 0.29) is 5.78 Å². The normalized spacial score (nSPS) is 29.5. The number of hydrogen-bond donors (Lipinski definition) is 2. The summed E-state index contributed by atoms with van der Waals surface area (Å²) in [6, 6.07) is 0. The van der Waals surface area contributed by atoms with Crippen LogP contribution in [0.25, 0.3) is 0 Å². The molecule has 0 aromatic rings. The number of carbonyl (C=O) groups excluding carboxylic acids is 1. The molecule has 3 nitrogen and oxygen atoms in total. The van der Waals surface area contributed by atoms with Crippen molar-refractivity contribution in [1.82, 2.24) is 0 Å². The Morgan fingerprint density at radius 2 is 1.73 bits per heavy atom. The van der Waals surface area contributed by atoms with E-state index >= 15 is 0 Å². The van der Waals surface area contributed by atoms with Gasteiger partial charge in [-0.3, -0.25) is 4.79 Å². The third-order valence-corrected chi connectivity index (χ3v) is 2.25. The molecular weight excluding hydrogens is 144 g/mol. The molecule has 0 atom stereocenters. The van der Waals surface area contributed by atoms with Gasteiger partial charge in [0, 0.05) is 6.42 Å². The van der Waals surface area contributed by atoms with Crippen LogP contribution in [-0.4, -0.2) is 21.8 Å². The van der Waals surface area contributed by atoms with Crippen molar-refractivity contribution >= 4 is 5.78 Å². The lowest BCUT2D eigenvalue weighted by atomic mass is 9.99. The van der Waals surface area contributed by atoms with Crippen molar-refractivity contribution in [2.75, 3.05) is 0 Å². The highest BCUT2D eigenvalue weighted by Crippen LogP contribution is 2.57. The van der Waals surface area contributed by atoms with Gasteiger partial charge in [-0.2, -0.15) is 0 Å². The molecular formula is C8H8O3. The number of hydrogen-bond acceptors (Lipinski definition) is 3. The summed E-state index contributed by atoms with van der Waals surface area (Å²) in [5, 5.41) is 18.3. The first kappa shape index (κ1) is 6.76. The van der Waals surface area contributed by atoms with Gasteiger partial charge >= 0.3 is 0 Å². The second-order valence-electron chi connectivity index (χ2n) is 3.10. The highest BCUT2D eigenvalue weighted by molar-refractivity contribution is 6.00. The summed E-state index contributed by atoms with van der Waals surface area (Å²) >= 11 is 0. The number of allylic oxidation sites excluding steroid dienone is 2. The number of aliphatic hydroxyl groups is 2. The Kier molecular flexibility index (Phi) is 0.998. The zero-order valence-corrected chi connectivity index (χ0v) is 5.82. The zero-order valence-electron chi connectivity index (χ0n) is 5.82. The summed E-state index contributed by atoms with van der Waals surface area (Å²) in [5.41, 5.74) is -0.666. The van der Waals surface area contributed by atoms with E-state index in [0.717, 1.165) is 0 Å². The summed E-state index contributed by atoms with van der Waals surface area (Å²) < 4.78 is 0. The Labute approximate surface area is 63.7 Å². The topological polar surface area (TPSA) is 57.5 Å². The lowest BCUT2D eigenvalue weighted by Crippen LogP contribution is -2.17. The molecule has 1 fully saturated rings. The van der Waals surface area contributed by atoms with E-state index in [1.807, 2.05) is 0 Å². The molecule has 2 rings (SSSR count). The van der Waals surface area contributed by atoms with Gasteiger partial charge in [-0.1, -0.05) is 12.2 Å². The minimum Gasteiger partial charge on any atom is -0.365 e. The fourth-order valence-electron chi connectivity index (χ4n) is 1.32. The molecule has 2 aliphatic rings. The first-order valence-electron chi connectivity index (χ1n) is 3.43. The Morgan fingerprint density at radius 3 is 2.09 bits per heavy atom. The summed E-state index contributed by atoms with van der Waals surface area (Å²) in [6.45, 7) is 0. The molecule has 0 saturated heterocycles. The van der Waals surface area contributed by atoms with Gasteiger partial charge < -0.3 is 10.2 Å². The molecule has 0 heterocycles. The van der Waals surface area contributed by atoms with E-state index in [2.05, 4.69) is 0 Å². The first-order valence-corrected chi connectivity index (χ1v) is 3.43. The van der Waals surface area contributed by atoms with Gasteiger partial charge in [-0.05, 0) is 12.2 Å². The van der Waals surface area contributed by atoms with Gasteiger partial charge in [-0.15, -0.1) is 0 Å². The minimum absolute atomic E-state index is 0.0988. The Bertz CT molecular complexity index is 257. The van der Waals surface area contributed by atoms with Crippen LogP contribution < -0.4 is 0 Å². The maximum Gasteiger partial charge on any atom is 0.178 e. The molecule has 3 heteroatoms. The summed E-state index contributed by atoms with van der Waals surface area (Å²) in [7, 11) is 0. The standard InChI is InChI=1S/C8H8O3/c9-6-1-3-7(4-2-6)5-8(7,10)11/h1-4,10-11H,5H2. The number of carbonyl (C=O) groups is 1. The van der Waals surface area contributed by atoms with Crippen LogP contribution in [0.4, 0.5) is 0 Å². The number of ketones is 1. The lowest BCUT2D eigenvalue weighted by molar-refractivity contribution is -0.110. The second-order valence-corrected chi connectivity index (χ2v) is 3.10.